The second kappa shape index (κ2) is 6.32. The molecule has 1 fully saturated rings. The fourth-order valence-corrected chi connectivity index (χ4v) is 4.02. The third-order valence-corrected chi connectivity index (χ3v) is 6.35. The average molecular weight is 318 g/mol. The zero-order valence-electron chi connectivity index (χ0n) is 12.6. The number of hydrogen-bond acceptors (Lipinski definition) is 4. The van der Waals surface area contributed by atoms with Crippen LogP contribution < -0.4 is 0 Å². The lowest BCUT2D eigenvalue weighted by molar-refractivity contribution is -0.127. The van der Waals surface area contributed by atoms with Crippen LogP contribution in [0.1, 0.15) is 25.0 Å². The van der Waals surface area contributed by atoms with Crippen molar-refractivity contribution in [1.29, 1.82) is 5.26 Å². The van der Waals surface area contributed by atoms with Crippen LogP contribution in [0.5, 0.6) is 0 Å². The zero-order valence-corrected chi connectivity index (χ0v) is 13.4. The average Bonchev–Trinajstić information content (AvgIpc) is 2.51. The second-order valence-electron chi connectivity index (χ2n) is 5.41. The van der Waals surface area contributed by atoms with Gasteiger partial charge >= 0.3 is 0 Å². The number of carbonyl (C=O) groups is 1. The van der Waals surface area contributed by atoms with Crippen molar-refractivity contribution < 1.29 is 13.2 Å². The molecule has 1 heterocycles. The fourth-order valence-electron chi connectivity index (χ4n) is 2.45. The Bertz CT molecular complexity index is 747. The topological polar surface area (TPSA) is 78.2 Å². The minimum Gasteiger partial charge on any atom is -0.334 e. The molecule has 1 aromatic carbocycles. The summed E-state index contributed by atoms with van der Waals surface area (Å²) in [6, 6.07) is 8.64. The van der Waals surface area contributed by atoms with Gasteiger partial charge in [0.1, 0.15) is 0 Å². The standard InChI is InChI=1S/C16H18N2O3S/c1-12-13(2)22(20,21)9-8-18(12)16(19)7-6-14-4-3-5-15(10-14)11-17/h3-7,10,12-13H,8-9H2,1-2H3/b7-6-/t12-,13-/m1/s1. The van der Waals surface area contributed by atoms with Crippen molar-refractivity contribution >= 4 is 21.8 Å². The molecule has 0 unspecified atom stereocenters. The van der Waals surface area contributed by atoms with Gasteiger partial charge in [-0.05, 0) is 37.6 Å². The van der Waals surface area contributed by atoms with Crippen LogP contribution in [-0.2, 0) is 14.6 Å². The second-order valence-corrected chi connectivity index (χ2v) is 7.89. The summed E-state index contributed by atoms with van der Waals surface area (Å²) in [5, 5.41) is 8.30. The molecular weight excluding hydrogens is 300 g/mol. The molecule has 1 aliphatic heterocycles. The van der Waals surface area contributed by atoms with Gasteiger partial charge in [0.2, 0.25) is 5.91 Å². The number of amides is 1. The van der Waals surface area contributed by atoms with E-state index in [2.05, 4.69) is 0 Å². The summed E-state index contributed by atoms with van der Waals surface area (Å²) in [5.41, 5.74) is 1.29. The highest BCUT2D eigenvalue weighted by Crippen LogP contribution is 2.19. The highest BCUT2D eigenvalue weighted by atomic mass is 32.2. The van der Waals surface area contributed by atoms with Crippen molar-refractivity contribution in [3.63, 3.8) is 0 Å². The number of hydrogen-bond donors (Lipinski definition) is 0. The normalized spacial score (nSPS) is 24.1. The Morgan fingerprint density at radius 1 is 1.41 bits per heavy atom. The Morgan fingerprint density at radius 2 is 2.14 bits per heavy atom. The fraction of sp³-hybridized carbons (Fsp3) is 0.375. The maximum absolute atomic E-state index is 12.3. The first-order valence-electron chi connectivity index (χ1n) is 7.05. The van der Waals surface area contributed by atoms with Crippen LogP contribution in [0.25, 0.3) is 6.08 Å². The number of nitrogens with zero attached hydrogens (tertiary/aromatic N) is 2. The van der Waals surface area contributed by atoms with Crippen LogP contribution in [0.15, 0.2) is 30.3 Å². The summed E-state index contributed by atoms with van der Waals surface area (Å²) < 4.78 is 23.6. The zero-order chi connectivity index (χ0) is 16.3. The van der Waals surface area contributed by atoms with E-state index in [9.17, 15) is 13.2 Å². The molecule has 1 aliphatic rings. The molecule has 1 aromatic rings. The first kappa shape index (κ1) is 16.2. The molecule has 2 atom stereocenters. The van der Waals surface area contributed by atoms with Gasteiger partial charge in [-0.15, -0.1) is 0 Å². The van der Waals surface area contributed by atoms with Gasteiger partial charge in [0.25, 0.3) is 0 Å². The molecule has 22 heavy (non-hydrogen) atoms. The molecule has 0 aromatic heterocycles. The van der Waals surface area contributed by atoms with E-state index >= 15 is 0 Å². The molecule has 6 heteroatoms. The lowest BCUT2D eigenvalue weighted by atomic mass is 10.1. The maximum Gasteiger partial charge on any atom is 0.246 e. The van der Waals surface area contributed by atoms with E-state index in [0.717, 1.165) is 5.56 Å². The predicted molar refractivity (Wildman–Crippen MR) is 84.6 cm³/mol. The minimum absolute atomic E-state index is 0.00199. The van der Waals surface area contributed by atoms with E-state index in [0.29, 0.717) is 5.56 Å². The molecule has 0 aliphatic carbocycles. The largest absolute Gasteiger partial charge is 0.334 e. The maximum atomic E-state index is 12.3. The van der Waals surface area contributed by atoms with E-state index in [1.165, 1.54) is 6.08 Å². The molecule has 5 nitrogen and oxygen atoms in total. The number of rotatable bonds is 2. The molecule has 116 valence electrons. The first-order chi connectivity index (χ1) is 10.3. The van der Waals surface area contributed by atoms with Crippen LogP contribution in [-0.4, -0.2) is 42.8 Å². The quantitative estimate of drug-likeness (QED) is 0.776. The van der Waals surface area contributed by atoms with E-state index < -0.39 is 15.1 Å². The van der Waals surface area contributed by atoms with Gasteiger partial charge in [-0.3, -0.25) is 4.79 Å². The molecule has 0 N–H and O–H groups in total. The SMILES string of the molecule is C[C@@H]1[C@@H](C)S(=O)(=O)CCN1C(=O)/C=C\c1cccc(C#N)c1. The lowest BCUT2D eigenvalue weighted by Gasteiger charge is -2.36. The van der Waals surface area contributed by atoms with Gasteiger partial charge in [-0.25, -0.2) is 8.42 Å². The summed E-state index contributed by atoms with van der Waals surface area (Å²) in [7, 11) is -3.11. The van der Waals surface area contributed by atoms with Crippen molar-refractivity contribution in [3.8, 4) is 6.07 Å². The number of benzene rings is 1. The van der Waals surface area contributed by atoms with E-state index in [1.54, 1.807) is 49.1 Å². The number of nitriles is 1. The van der Waals surface area contributed by atoms with Crippen molar-refractivity contribution in [1.82, 2.24) is 4.90 Å². The summed E-state index contributed by atoms with van der Waals surface area (Å²) in [4.78, 5) is 13.9. The minimum atomic E-state index is -3.11. The monoisotopic (exact) mass is 318 g/mol. The molecule has 1 amide bonds. The molecule has 0 saturated carbocycles. The molecule has 0 spiro atoms. The molecule has 1 saturated heterocycles. The Balaban J connectivity index is 2.12. The van der Waals surface area contributed by atoms with Crippen LogP contribution in [0.3, 0.4) is 0 Å². The van der Waals surface area contributed by atoms with Gasteiger partial charge in [-0.2, -0.15) is 5.26 Å². The summed E-state index contributed by atoms with van der Waals surface area (Å²) in [6.45, 7) is 3.61. The van der Waals surface area contributed by atoms with Crippen LogP contribution in [0.4, 0.5) is 0 Å². The summed E-state index contributed by atoms with van der Waals surface area (Å²) in [5.74, 6) is -0.209. The Kier molecular flexibility index (Phi) is 4.67. The molecule has 2 rings (SSSR count). The van der Waals surface area contributed by atoms with Crippen LogP contribution in [0, 0.1) is 11.3 Å². The van der Waals surface area contributed by atoms with Gasteiger partial charge in [-0.1, -0.05) is 12.1 Å². The van der Waals surface area contributed by atoms with Gasteiger partial charge in [0.05, 0.1) is 22.6 Å². The van der Waals surface area contributed by atoms with Gasteiger partial charge in [0, 0.05) is 18.7 Å². The predicted octanol–water partition coefficient (Wildman–Crippen LogP) is 1.61. The smallest absolute Gasteiger partial charge is 0.246 e. The van der Waals surface area contributed by atoms with E-state index in [4.69, 9.17) is 5.26 Å². The number of carbonyl (C=O) groups excluding carboxylic acids is 1. The van der Waals surface area contributed by atoms with Crippen LogP contribution >= 0.6 is 0 Å². The van der Waals surface area contributed by atoms with E-state index in [1.807, 2.05) is 6.07 Å². The highest BCUT2D eigenvalue weighted by Gasteiger charge is 2.37. The third-order valence-electron chi connectivity index (χ3n) is 4.07. The van der Waals surface area contributed by atoms with Crippen molar-refractivity contribution in [3.05, 3.63) is 41.5 Å². The molecular formula is C16H18N2O3S. The van der Waals surface area contributed by atoms with Gasteiger partial charge in [0.15, 0.2) is 9.84 Å². The lowest BCUT2D eigenvalue weighted by Crippen LogP contribution is -2.53. The third kappa shape index (κ3) is 3.37. The number of sulfone groups is 1. The van der Waals surface area contributed by atoms with Crippen molar-refractivity contribution in [2.75, 3.05) is 12.3 Å². The van der Waals surface area contributed by atoms with E-state index in [-0.39, 0.29) is 24.2 Å². The summed E-state index contributed by atoms with van der Waals surface area (Å²) in [6.07, 6.45) is 3.07. The first-order valence-corrected chi connectivity index (χ1v) is 8.77. The van der Waals surface area contributed by atoms with Crippen molar-refractivity contribution in [2.45, 2.75) is 25.1 Å². The Hall–Kier alpha value is -2.13. The van der Waals surface area contributed by atoms with Gasteiger partial charge < -0.3 is 4.90 Å². The van der Waals surface area contributed by atoms with Crippen molar-refractivity contribution in [2.24, 2.45) is 0 Å². The summed E-state index contributed by atoms with van der Waals surface area (Å²) >= 11 is 0. The molecule has 0 bridgehead atoms. The Morgan fingerprint density at radius 3 is 2.82 bits per heavy atom. The molecule has 0 radical (unpaired) electrons. The Labute approximate surface area is 130 Å². The highest BCUT2D eigenvalue weighted by molar-refractivity contribution is 7.92. The van der Waals surface area contributed by atoms with Crippen LogP contribution in [0.2, 0.25) is 0 Å².